The highest BCUT2D eigenvalue weighted by Crippen LogP contribution is 2.21. The molecule has 13 heteroatoms. The molecule has 3 aromatic heterocycles. The summed E-state index contributed by atoms with van der Waals surface area (Å²) in [6.45, 7) is -0.0305. The summed E-state index contributed by atoms with van der Waals surface area (Å²) in [6, 6.07) is 2.63. The molecule has 0 radical (unpaired) electrons. The Morgan fingerprint density at radius 2 is 1.84 bits per heavy atom. The number of rotatable bonds is 8. The number of nitrogens with one attached hydrogen (secondary N) is 2. The van der Waals surface area contributed by atoms with Crippen molar-refractivity contribution in [3.8, 4) is 0 Å². The lowest BCUT2D eigenvalue weighted by molar-refractivity contribution is -0.144. The van der Waals surface area contributed by atoms with Crippen molar-refractivity contribution in [2.24, 2.45) is 0 Å². The molecule has 0 aromatic carbocycles. The molecular weight excluding hydrogens is 439 g/mol. The van der Waals surface area contributed by atoms with Crippen LogP contribution in [-0.4, -0.2) is 37.6 Å². The van der Waals surface area contributed by atoms with E-state index in [-0.39, 0.29) is 24.2 Å². The number of carbonyl (C=O) groups excluding carboxylic acids is 2. The summed E-state index contributed by atoms with van der Waals surface area (Å²) in [5.41, 5.74) is 0.947. The minimum atomic E-state index is -4.40. The maximum atomic E-state index is 12.7. The average Bonchev–Trinajstić information content (AvgIpc) is 3.16. The van der Waals surface area contributed by atoms with Gasteiger partial charge >= 0.3 is 6.18 Å². The maximum Gasteiger partial charge on any atom is 0.389 e. The first kappa shape index (κ1) is 23.0. The lowest BCUT2D eigenvalue weighted by atomic mass is 10.2. The molecule has 2 N–H and O–H groups in total. The number of imidazole rings is 1. The van der Waals surface area contributed by atoms with Gasteiger partial charge in [0.05, 0.1) is 36.6 Å². The van der Waals surface area contributed by atoms with Crippen LogP contribution in [0.5, 0.6) is 0 Å². The van der Waals surface area contributed by atoms with Crippen LogP contribution in [0, 0.1) is 0 Å². The van der Waals surface area contributed by atoms with Crippen molar-refractivity contribution in [3.05, 3.63) is 59.3 Å². The van der Waals surface area contributed by atoms with Crippen LogP contribution in [0.3, 0.4) is 0 Å². The van der Waals surface area contributed by atoms with Gasteiger partial charge in [0.1, 0.15) is 0 Å². The van der Waals surface area contributed by atoms with Crippen molar-refractivity contribution < 1.29 is 31.5 Å². The second-order valence-corrected chi connectivity index (χ2v) is 6.78. The minimum absolute atomic E-state index is 0.00931. The van der Waals surface area contributed by atoms with Crippen LogP contribution < -0.4 is 10.6 Å². The van der Waals surface area contributed by atoms with Crippen LogP contribution in [0.15, 0.2) is 36.9 Å². The van der Waals surface area contributed by atoms with Gasteiger partial charge < -0.3 is 10.6 Å². The van der Waals surface area contributed by atoms with Crippen LogP contribution in [0.2, 0.25) is 0 Å². The van der Waals surface area contributed by atoms with Gasteiger partial charge in [-0.1, -0.05) is 0 Å². The van der Waals surface area contributed by atoms with E-state index >= 15 is 0 Å². The number of halogens is 5. The van der Waals surface area contributed by atoms with E-state index in [4.69, 9.17) is 0 Å². The predicted octanol–water partition coefficient (Wildman–Crippen LogP) is 2.95. The summed E-state index contributed by atoms with van der Waals surface area (Å²) in [4.78, 5) is 31.6. The summed E-state index contributed by atoms with van der Waals surface area (Å²) >= 11 is 0. The van der Waals surface area contributed by atoms with Crippen molar-refractivity contribution in [1.82, 2.24) is 30.2 Å². The molecular formula is C19H17F5N6O2. The number of alkyl halides is 5. The first-order valence-electron chi connectivity index (χ1n) is 9.28. The molecule has 8 nitrogen and oxygen atoms in total. The highest BCUT2D eigenvalue weighted by Gasteiger charge is 2.27. The molecule has 0 saturated heterocycles. The minimum Gasteiger partial charge on any atom is -0.352 e. The van der Waals surface area contributed by atoms with Gasteiger partial charge in [-0.25, -0.2) is 18.3 Å². The molecule has 0 atom stereocenters. The van der Waals surface area contributed by atoms with Gasteiger partial charge in [0.2, 0.25) is 5.91 Å². The summed E-state index contributed by atoms with van der Waals surface area (Å²) in [5, 5.41) is 9.03. The molecule has 170 valence electrons. The van der Waals surface area contributed by atoms with Crippen LogP contribution in [-0.2, 0) is 17.9 Å². The normalized spacial score (nSPS) is 11.7. The zero-order valence-corrected chi connectivity index (χ0v) is 16.4. The number of fused-ring (bicyclic) bond motifs is 1. The van der Waals surface area contributed by atoms with Crippen molar-refractivity contribution in [3.63, 3.8) is 0 Å². The lowest BCUT2D eigenvalue weighted by Crippen LogP contribution is -2.24. The van der Waals surface area contributed by atoms with Gasteiger partial charge in [0.15, 0.2) is 5.65 Å². The molecule has 3 aromatic rings. The van der Waals surface area contributed by atoms with E-state index in [0.29, 0.717) is 16.9 Å². The van der Waals surface area contributed by atoms with E-state index < -0.39 is 37.3 Å². The zero-order valence-electron chi connectivity index (χ0n) is 16.4. The number of hydrogen-bond donors (Lipinski definition) is 2. The SMILES string of the molecule is O=C(CCC(F)(F)F)NCc1cnn2cc(CNC(=O)c3cncc(C(F)F)c3)nc2c1. The van der Waals surface area contributed by atoms with Crippen LogP contribution in [0.1, 0.15) is 46.4 Å². The van der Waals surface area contributed by atoms with Gasteiger partial charge in [-0.15, -0.1) is 0 Å². The Morgan fingerprint density at radius 1 is 1.06 bits per heavy atom. The Kier molecular flexibility index (Phi) is 6.95. The summed E-state index contributed by atoms with van der Waals surface area (Å²) < 4.78 is 63.3. The summed E-state index contributed by atoms with van der Waals surface area (Å²) in [5.74, 6) is -1.34. The number of carbonyl (C=O) groups is 2. The number of nitrogens with zero attached hydrogens (tertiary/aromatic N) is 4. The standard InChI is InChI=1S/C19H17F5N6O2/c20-17(21)12-4-13(8-25-7-12)18(32)27-9-14-10-30-15(29-14)3-11(6-28-30)5-26-16(31)1-2-19(22,23)24/h3-4,6-8,10,17H,1-2,5,9H2,(H,26,31)(H,27,32). The third-order valence-corrected chi connectivity index (χ3v) is 4.26. The van der Waals surface area contributed by atoms with E-state index in [1.165, 1.54) is 23.1 Å². The molecule has 3 heterocycles. The maximum absolute atomic E-state index is 12.7. The Balaban J connectivity index is 1.57. The number of aromatic nitrogens is 4. The van der Waals surface area contributed by atoms with Crippen molar-refractivity contribution in [2.75, 3.05) is 0 Å². The smallest absolute Gasteiger partial charge is 0.352 e. The van der Waals surface area contributed by atoms with Crippen molar-refractivity contribution in [1.29, 1.82) is 0 Å². The van der Waals surface area contributed by atoms with Gasteiger partial charge in [-0.3, -0.25) is 14.6 Å². The molecule has 0 saturated carbocycles. The molecule has 0 aliphatic carbocycles. The number of pyridine rings is 1. The molecule has 3 rings (SSSR count). The fourth-order valence-electron chi connectivity index (χ4n) is 2.67. The predicted molar refractivity (Wildman–Crippen MR) is 100 cm³/mol. The van der Waals surface area contributed by atoms with Gasteiger partial charge in [0.25, 0.3) is 12.3 Å². The molecule has 0 bridgehead atoms. The Morgan fingerprint density at radius 3 is 2.56 bits per heavy atom. The second kappa shape index (κ2) is 9.66. The van der Waals surface area contributed by atoms with Crippen LogP contribution in [0.25, 0.3) is 5.65 Å². The molecule has 0 unspecified atom stereocenters. The highest BCUT2D eigenvalue weighted by atomic mass is 19.4. The molecule has 0 aliphatic rings. The quantitative estimate of drug-likeness (QED) is 0.508. The van der Waals surface area contributed by atoms with Crippen LogP contribution >= 0.6 is 0 Å². The highest BCUT2D eigenvalue weighted by molar-refractivity contribution is 5.93. The van der Waals surface area contributed by atoms with Gasteiger partial charge in [0, 0.05) is 30.9 Å². The van der Waals surface area contributed by atoms with E-state index in [2.05, 4.69) is 25.7 Å². The van der Waals surface area contributed by atoms with Crippen molar-refractivity contribution >= 4 is 17.5 Å². The largest absolute Gasteiger partial charge is 0.389 e. The first-order valence-corrected chi connectivity index (χ1v) is 9.28. The Bertz CT molecular complexity index is 1120. The number of amides is 2. The summed E-state index contributed by atoms with van der Waals surface area (Å²) in [7, 11) is 0. The molecule has 0 aliphatic heterocycles. The average molecular weight is 456 g/mol. The zero-order chi connectivity index (χ0) is 23.3. The fourth-order valence-corrected chi connectivity index (χ4v) is 2.67. The first-order chi connectivity index (χ1) is 15.1. The summed E-state index contributed by atoms with van der Waals surface area (Å²) in [6.07, 6.45) is -3.91. The topological polar surface area (TPSA) is 101 Å². The van der Waals surface area contributed by atoms with Gasteiger partial charge in [-0.2, -0.15) is 18.3 Å². The van der Waals surface area contributed by atoms with Crippen LogP contribution in [0.4, 0.5) is 22.0 Å². The van der Waals surface area contributed by atoms with E-state index in [9.17, 15) is 31.5 Å². The Labute approximate surface area is 177 Å². The third kappa shape index (κ3) is 6.43. The molecule has 0 fully saturated rings. The number of hydrogen-bond acceptors (Lipinski definition) is 5. The van der Waals surface area contributed by atoms with E-state index in [1.807, 2.05) is 0 Å². The Hall–Kier alpha value is -3.64. The molecule has 32 heavy (non-hydrogen) atoms. The lowest BCUT2D eigenvalue weighted by Gasteiger charge is -2.07. The van der Waals surface area contributed by atoms with Gasteiger partial charge in [-0.05, 0) is 17.7 Å². The van der Waals surface area contributed by atoms with Crippen molar-refractivity contribution in [2.45, 2.75) is 38.5 Å². The second-order valence-electron chi connectivity index (χ2n) is 6.78. The molecule has 0 spiro atoms. The van der Waals surface area contributed by atoms with E-state index in [1.54, 1.807) is 6.07 Å². The monoisotopic (exact) mass is 456 g/mol. The third-order valence-electron chi connectivity index (χ3n) is 4.26. The molecule has 2 amide bonds. The fraction of sp³-hybridized carbons (Fsp3) is 0.316. The van der Waals surface area contributed by atoms with E-state index in [0.717, 1.165) is 12.3 Å².